The first-order valence-corrected chi connectivity index (χ1v) is 8.57. The molecular weight excluding hydrogens is 262 g/mol. The van der Waals surface area contributed by atoms with Gasteiger partial charge in [-0.05, 0) is 48.3 Å². The second-order valence-electron chi connectivity index (χ2n) is 5.88. The predicted molar refractivity (Wildman–Crippen MR) is 88.0 cm³/mol. The van der Waals surface area contributed by atoms with Crippen molar-refractivity contribution in [3.8, 4) is 11.1 Å². The summed E-state index contributed by atoms with van der Waals surface area (Å²) < 4.78 is 0. The van der Waals surface area contributed by atoms with Crippen LogP contribution in [0.2, 0.25) is 0 Å². The summed E-state index contributed by atoms with van der Waals surface area (Å²) in [5.74, 6) is 0.892. The number of rotatable bonds is 5. The van der Waals surface area contributed by atoms with Gasteiger partial charge in [-0.25, -0.2) is 0 Å². The maximum atomic E-state index is 3.72. The van der Waals surface area contributed by atoms with E-state index in [2.05, 4.69) is 54.0 Å². The highest BCUT2D eigenvalue weighted by molar-refractivity contribution is 7.10. The van der Waals surface area contributed by atoms with Gasteiger partial charge < -0.3 is 5.32 Å². The highest BCUT2D eigenvalue weighted by Crippen LogP contribution is 2.28. The molecule has 1 aliphatic carbocycles. The van der Waals surface area contributed by atoms with E-state index in [0.717, 1.165) is 12.5 Å². The molecule has 0 bridgehead atoms. The van der Waals surface area contributed by atoms with Crippen LogP contribution in [0.4, 0.5) is 0 Å². The van der Waals surface area contributed by atoms with E-state index in [9.17, 15) is 0 Å². The van der Waals surface area contributed by atoms with Gasteiger partial charge in [-0.3, -0.25) is 0 Å². The Morgan fingerprint density at radius 2 is 1.90 bits per heavy atom. The molecule has 1 aromatic carbocycles. The lowest BCUT2D eigenvalue weighted by molar-refractivity contribution is 0.381. The average Bonchev–Trinajstić information content (AvgIpc) is 3.17. The van der Waals surface area contributed by atoms with Gasteiger partial charge in [0.2, 0.25) is 0 Å². The van der Waals surface area contributed by atoms with Crippen molar-refractivity contribution >= 4 is 11.3 Å². The number of nitrogens with one attached hydrogen (secondary N) is 1. The molecule has 2 heteroatoms. The van der Waals surface area contributed by atoms with E-state index in [1.54, 1.807) is 0 Å². The topological polar surface area (TPSA) is 12.0 Å². The monoisotopic (exact) mass is 285 g/mol. The molecule has 0 aliphatic heterocycles. The zero-order valence-corrected chi connectivity index (χ0v) is 13.0. The van der Waals surface area contributed by atoms with Crippen LogP contribution in [0, 0.1) is 5.92 Å². The molecule has 0 spiro atoms. The van der Waals surface area contributed by atoms with Gasteiger partial charge in [0.15, 0.2) is 0 Å². The van der Waals surface area contributed by atoms with Crippen LogP contribution in [0.25, 0.3) is 11.1 Å². The molecular formula is C18H23NS. The lowest BCUT2D eigenvalue weighted by Gasteiger charge is -2.19. The highest BCUT2D eigenvalue weighted by Gasteiger charge is 2.20. The number of hydrogen-bond donors (Lipinski definition) is 1. The van der Waals surface area contributed by atoms with Crippen LogP contribution < -0.4 is 5.32 Å². The Kier molecular flexibility index (Phi) is 4.54. The first kappa shape index (κ1) is 13.8. The van der Waals surface area contributed by atoms with Crippen LogP contribution in [-0.2, 0) is 6.54 Å². The van der Waals surface area contributed by atoms with Crippen LogP contribution in [0.3, 0.4) is 0 Å². The zero-order chi connectivity index (χ0) is 13.8. The molecule has 1 heterocycles. The molecule has 0 saturated heterocycles. The van der Waals surface area contributed by atoms with Gasteiger partial charge >= 0.3 is 0 Å². The maximum Gasteiger partial charge on any atom is 0.0302 e. The third kappa shape index (κ3) is 3.31. The van der Waals surface area contributed by atoms with Crippen LogP contribution >= 0.6 is 11.3 Å². The van der Waals surface area contributed by atoms with Crippen LogP contribution in [0.1, 0.15) is 37.5 Å². The van der Waals surface area contributed by atoms with Crippen molar-refractivity contribution in [1.82, 2.24) is 5.32 Å². The average molecular weight is 285 g/mol. The van der Waals surface area contributed by atoms with Crippen molar-refractivity contribution in [2.75, 3.05) is 0 Å². The Labute approximate surface area is 126 Å². The van der Waals surface area contributed by atoms with E-state index >= 15 is 0 Å². The van der Waals surface area contributed by atoms with Crippen LogP contribution in [-0.4, -0.2) is 6.04 Å². The number of thiophene rings is 1. The molecule has 0 amide bonds. The Hall–Kier alpha value is -1.12. The van der Waals surface area contributed by atoms with Crippen molar-refractivity contribution in [2.24, 2.45) is 5.92 Å². The van der Waals surface area contributed by atoms with Crippen LogP contribution in [0.15, 0.2) is 41.8 Å². The summed E-state index contributed by atoms with van der Waals surface area (Å²) in [5.41, 5.74) is 2.67. The molecule has 20 heavy (non-hydrogen) atoms. The third-order valence-electron chi connectivity index (χ3n) is 4.47. The summed E-state index contributed by atoms with van der Waals surface area (Å²) in [6.45, 7) is 3.36. The summed E-state index contributed by atoms with van der Waals surface area (Å²) in [6, 6.07) is 13.6. The molecule has 0 radical (unpaired) electrons. The minimum absolute atomic E-state index is 0.653. The zero-order valence-electron chi connectivity index (χ0n) is 12.1. The van der Waals surface area contributed by atoms with Gasteiger partial charge in [-0.15, -0.1) is 11.3 Å². The van der Waals surface area contributed by atoms with E-state index in [0.29, 0.717) is 6.04 Å². The van der Waals surface area contributed by atoms with E-state index in [-0.39, 0.29) is 0 Å². The van der Waals surface area contributed by atoms with Crippen molar-refractivity contribution in [3.63, 3.8) is 0 Å². The minimum Gasteiger partial charge on any atom is -0.309 e. The van der Waals surface area contributed by atoms with Gasteiger partial charge in [0.25, 0.3) is 0 Å². The van der Waals surface area contributed by atoms with E-state index in [1.165, 1.54) is 41.7 Å². The molecule has 2 aromatic rings. The Morgan fingerprint density at radius 1 is 1.15 bits per heavy atom. The van der Waals surface area contributed by atoms with Crippen molar-refractivity contribution < 1.29 is 0 Å². The standard InChI is InChI=1S/C18H23NS/c1-14(15-7-5-6-8-15)19-12-18-11-17(13-20-18)16-9-3-2-4-10-16/h2-4,9-11,13-15,19H,5-8,12H2,1H3/t14-/m1/s1. The highest BCUT2D eigenvalue weighted by atomic mass is 32.1. The summed E-state index contributed by atoms with van der Waals surface area (Å²) in [4.78, 5) is 1.44. The SMILES string of the molecule is C[C@@H](NCc1cc(-c2ccccc2)cs1)C1CCCC1. The maximum absolute atomic E-state index is 3.72. The molecule has 1 aromatic heterocycles. The first-order valence-electron chi connectivity index (χ1n) is 7.69. The van der Waals surface area contributed by atoms with Gasteiger partial charge in [-0.2, -0.15) is 0 Å². The lowest BCUT2D eigenvalue weighted by Crippen LogP contribution is -2.31. The van der Waals surface area contributed by atoms with Crippen molar-refractivity contribution in [3.05, 3.63) is 46.7 Å². The quantitative estimate of drug-likeness (QED) is 0.807. The van der Waals surface area contributed by atoms with Gasteiger partial charge in [0, 0.05) is 17.5 Å². The van der Waals surface area contributed by atoms with Gasteiger partial charge in [-0.1, -0.05) is 43.2 Å². The van der Waals surface area contributed by atoms with E-state index < -0.39 is 0 Å². The number of benzene rings is 1. The summed E-state index contributed by atoms with van der Waals surface area (Å²) in [5, 5.41) is 5.99. The summed E-state index contributed by atoms with van der Waals surface area (Å²) in [7, 11) is 0. The second-order valence-corrected chi connectivity index (χ2v) is 6.88. The number of hydrogen-bond acceptors (Lipinski definition) is 2. The molecule has 1 N–H and O–H groups in total. The van der Waals surface area contributed by atoms with E-state index in [1.807, 2.05) is 11.3 Å². The Balaban J connectivity index is 1.57. The molecule has 3 rings (SSSR count). The van der Waals surface area contributed by atoms with Gasteiger partial charge in [0.05, 0.1) is 0 Å². The summed E-state index contributed by atoms with van der Waals surface area (Å²) >= 11 is 1.87. The smallest absolute Gasteiger partial charge is 0.0302 e. The first-order chi connectivity index (χ1) is 9.83. The molecule has 1 aliphatic rings. The fourth-order valence-corrected chi connectivity index (χ4v) is 3.99. The third-order valence-corrected chi connectivity index (χ3v) is 5.40. The Bertz CT molecular complexity index is 525. The van der Waals surface area contributed by atoms with Gasteiger partial charge in [0.1, 0.15) is 0 Å². The largest absolute Gasteiger partial charge is 0.309 e. The van der Waals surface area contributed by atoms with Crippen LogP contribution in [0.5, 0.6) is 0 Å². The van der Waals surface area contributed by atoms with Crippen molar-refractivity contribution in [2.45, 2.75) is 45.2 Å². The molecule has 1 atom stereocenters. The van der Waals surface area contributed by atoms with E-state index in [4.69, 9.17) is 0 Å². The fraction of sp³-hybridized carbons (Fsp3) is 0.444. The lowest BCUT2D eigenvalue weighted by atomic mass is 10.00. The molecule has 1 fully saturated rings. The molecule has 106 valence electrons. The summed E-state index contributed by atoms with van der Waals surface area (Å²) in [6.07, 6.45) is 5.67. The Morgan fingerprint density at radius 3 is 2.65 bits per heavy atom. The molecule has 1 saturated carbocycles. The molecule has 0 unspecified atom stereocenters. The molecule has 1 nitrogen and oxygen atoms in total. The fourth-order valence-electron chi connectivity index (χ4n) is 3.14. The second kappa shape index (κ2) is 6.55. The van der Waals surface area contributed by atoms with Crippen molar-refractivity contribution in [1.29, 1.82) is 0 Å². The minimum atomic E-state index is 0.653. The normalized spacial score (nSPS) is 17.4. The predicted octanol–water partition coefficient (Wildman–Crippen LogP) is 5.08.